The molecule has 2 aromatic rings. The van der Waals surface area contributed by atoms with E-state index in [4.69, 9.17) is 17.3 Å². The first-order chi connectivity index (χ1) is 12.9. The lowest BCUT2D eigenvalue weighted by atomic mass is 9.96. The van der Waals surface area contributed by atoms with Gasteiger partial charge in [-0.05, 0) is 49.7 Å². The van der Waals surface area contributed by atoms with Gasteiger partial charge in [0.05, 0.1) is 5.56 Å². The third-order valence-electron chi connectivity index (χ3n) is 4.74. The summed E-state index contributed by atoms with van der Waals surface area (Å²) >= 11 is 7.30. The minimum Gasteiger partial charge on any atom is -0.365 e. The Morgan fingerprint density at radius 1 is 1.30 bits per heavy atom. The number of hydrogen-bond donors (Lipinski definition) is 3. The maximum absolute atomic E-state index is 12.4. The Kier molecular flexibility index (Phi) is 6.04. The molecule has 0 saturated carbocycles. The fourth-order valence-corrected chi connectivity index (χ4v) is 4.80. The van der Waals surface area contributed by atoms with E-state index >= 15 is 0 Å². The number of carbonyl (C=O) groups is 2. The minimum absolute atomic E-state index is 0.419. The smallest absolute Gasteiger partial charge is 0.324 e. The molecule has 0 spiro atoms. The van der Waals surface area contributed by atoms with Crippen LogP contribution in [-0.2, 0) is 13.0 Å². The molecule has 6 nitrogen and oxygen atoms in total. The predicted molar refractivity (Wildman–Crippen MR) is 111 cm³/mol. The second-order valence-corrected chi connectivity index (χ2v) is 8.26. The van der Waals surface area contributed by atoms with E-state index in [9.17, 15) is 9.59 Å². The summed E-state index contributed by atoms with van der Waals surface area (Å²) in [5.74, 6) is -0.517. The molecule has 1 aliphatic heterocycles. The topological polar surface area (TPSA) is 87.5 Å². The summed E-state index contributed by atoms with van der Waals surface area (Å²) in [5.41, 5.74) is 7.60. The van der Waals surface area contributed by atoms with Crippen LogP contribution in [0.3, 0.4) is 0 Å². The van der Waals surface area contributed by atoms with Gasteiger partial charge in [0.15, 0.2) is 0 Å². The number of amides is 3. The van der Waals surface area contributed by atoms with Crippen LogP contribution in [0.4, 0.5) is 15.5 Å². The first-order valence-electron chi connectivity index (χ1n) is 8.87. The highest BCUT2D eigenvalue weighted by atomic mass is 35.5. The number of nitrogens with zero attached hydrogens (tertiary/aromatic N) is 1. The van der Waals surface area contributed by atoms with Gasteiger partial charge < -0.3 is 11.1 Å². The molecule has 0 saturated heterocycles. The number of rotatable bonds is 5. The van der Waals surface area contributed by atoms with E-state index in [-0.39, 0.29) is 0 Å². The summed E-state index contributed by atoms with van der Waals surface area (Å²) in [6, 6.07) is 6.83. The Labute approximate surface area is 167 Å². The van der Waals surface area contributed by atoms with Gasteiger partial charge in [0, 0.05) is 28.2 Å². The van der Waals surface area contributed by atoms with Crippen molar-refractivity contribution in [2.24, 2.45) is 5.73 Å². The third kappa shape index (κ3) is 4.43. The number of primary amides is 1. The van der Waals surface area contributed by atoms with Crippen molar-refractivity contribution in [2.75, 3.05) is 17.7 Å². The predicted octanol–water partition coefficient (Wildman–Crippen LogP) is 4.30. The molecule has 0 aliphatic carbocycles. The van der Waals surface area contributed by atoms with Crippen LogP contribution >= 0.6 is 22.9 Å². The number of thiophene rings is 1. The standard InChI is InChI=1S/C19H23ClN4O2S/c1-3-4-13-9-15-14(10-24(13)2)16(17(21)25)18(27-15)23-19(26)22-12-7-5-11(20)6-8-12/h5-8,13H,3-4,9-10H2,1-2H3,(H2,21,25)(H2,22,23,26)/t13-/m1/s1. The maximum Gasteiger partial charge on any atom is 0.324 e. The number of fused-ring (bicyclic) bond motifs is 1. The molecular weight excluding hydrogens is 384 g/mol. The number of anilines is 2. The van der Waals surface area contributed by atoms with Crippen molar-refractivity contribution in [3.05, 3.63) is 45.3 Å². The summed E-state index contributed by atoms with van der Waals surface area (Å²) < 4.78 is 0. The van der Waals surface area contributed by atoms with Crippen molar-refractivity contribution in [2.45, 2.75) is 38.8 Å². The highest BCUT2D eigenvalue weighted by Crippen LogP contribution is 2.38. The number of halogens is 1. The fourth-order valence-electron chi connectivity index (χ4n) is 3.40. The Morgan fingerprint density at radius 2 is 2.00 bits per heavy atom. The number of carbonyl (C=O) groups excluding carboxylic acids is 2. The number of nitrogens with two attached hydrogens (primary N) is 1. The van der Waals surface area contributed by atoms with Gasteiger partial charge in [0.25, 0.3) is 5.91 Å². The number of benzene rings is 1. The van der Waals surface area contributed by atoms with E-state index in [1.165, 1.54) is 11.3 Å². The van der Waals surface area contributed by atoms with E-state index in [2.05, 4.69) is 29.5 Å². The molecule has 144 valence electrons. The average Bonchev–Trinajstić information content (AvgIpc) is 2.94. The Morgan fingerprint density at radius 3 is 2.63 bits per heavy atom. The van der Waals surface area contributed by atoms with Crippen LogP contribution in [0, 0.1) is 0 Å². The van der Waals surface area contributed by atoms with Gasteiger partial charge in [-0.2, -0.15) is 0 Å². The molecule has 2 heterocycles. The molecule has 0 bridgehead atoms. The van der Waals surface area contributed by atoms with E-state index in [1.54, 1.807) is 24.3 Å². The molecule has 1 aromatic carbocycles. The van der Waals surface area contributed by atoms with Crippen molar-refractivity contribution < 1.29 is 9.59 Å². The molecule has 0 fully saturated rings. The first kappa shape index (κ1) is 19.7. The summed E-state index contributed by atoms with van der Waals surface area (Å²) in [5, 5.41) is 6.62. The SMILES string of the molecule is CCC[C@@H]1Cc2sc(NC(=O)Nc3ccc(Cl)cc3)c(C(N)=O)c2CN1C. The van der Waals surface area contributed by atoms with Gasteiger partial charge in [-0.25, -0.2) is 4.79 Å². The average molecular weight is 407 g/mol. The normalized spacial score (nSPS) is 16.6. The lowest BCUT2D eigenvalue weighted by Crippen LogP contribution is -2.37. The minimum atomic E-state index is -0.517. The highest BCUT2D eigenvalue weighted by Gasteiger charge is 2.31. The van der Waals surface area contributed by atoms with E-state index in [1.807, 2.05) is 0 Å². The number of nitrogens with one attached hydrogen (secondary N) is 2. The van der Waals surface area contributed by atoms with Crippen molar-refractivity contribution in [1.29, 1.82) is 0 Å². The quantitative estimate of drug-likeness (QED) is 0.691. The Hall–Kier alpha value is -2.09. The molecule has 1 aromatic heterocycles. The molecule has 3 amide bonds. The fraction of sp³-hybridized carbons (Fsp3) is 0.368. The van der Waals surface area contributed by atoms with Crippen molar-refractivity contribution in [1.82, 2.24) is 4.90 Å². The molecule has 0 unspecified atom stereocenters. The number of hydrogen-bond acceptors (Lipinski definition) is 4. The van der Waals surface area contributed by atoms with Gasteiger partial charge >= 0.3 is 6.03 Å². The summed E-state index contributed by atoms with van der Waals surface area (Å²) in [4.78, 5) is 27.8. The molecule has 1 atom stereocenters. The van der Waals surface area contributed by atoms with Crippen LogP contribution in [0.25, 0.3) is 0 Å². The van der Waals surface area contributed by atoms with Crippen molar-refractivity contribution in [3.63, 3.8) is 0 Å². The largest absolute Gasteiger partial charge is 0.365 e. The van der Waals surface area contributed by atoms with Gasteiger partial charge in [0.1, 0.15) is 5.00 Å². The van der Waals surface area contributed by atoms with Crippen LogP contribution in [0.1, 0.15) is 40.6 Å². The van der Waals surface area contributed by atoms with Gasteiger partial charge in [-0.3, -0.25) is 15.0 Å². The first-order valence-corrected chi connectivity index (χ1v) is 10.1. The second kappa shape index (κ2) is 8.29. The highest BCUT2D eigenvalue weighted by molar-refractivity contribution is 7.17. The van der Waals surface area contributed by atoms with Crippen molar-refractivity contribution in [3.8, 4) is 0 Å². The van der Waals surface area contributed by atoms with Gasteiger partial charge in [0.2, 0.25) is 0 Å². The lowest BCUT2D eigenvalue weighted by molar-refractivity contribution is 0.0998. The van der Waals surface area contributed by atoms with Crippen LogP contribution in [-0.4, -0.2) is 29.9 Å². The molecule has 0 radical (unpaired) electrons. The Balaban J connectivity index is 1.81. The summed E-state index contributed by atoms with van der Waals surface area (Å²) in [6.07, 6.45) is 3.07. The zero-order valence-corrected chi connectivity index (χ0v) is 16.9. The van der Waals surface area contributed by atoms with Crippen LogP contribution in [0.5, 0.6) is 0 Å². The molecule has 27 heavy (non-hydrogen) atoms. The van der Waals surface area contributed by atoms with Crippen LogP contribution in [0.2, 0.25) is 5.02 Å². The van der Waals surface area contributed by atoms with E-state index < -0.39 is 11.9 Å². The molecule has 3 rings (SSSR count). The van der Waals surface area contributed by atoms with Crippen molar-refractivity contribution >= 4 is 45.6 Å². The van der Waals surface area contributed by atoms with Crippen LogP contribution in [0.15, 0.2) is 24.3 Å². The van der Waals surface area contributed by atoms with Gasteiger partial charge in [-0.15, -0.1) is 11.3 Å². The zero-order chi connectivity index (χ0) is 19.6. The molecular formula is C19H23ClN4O2S. The lowest BCUT2D eigenvalue weighted by Gasteiger charge is -2.32. The summed E-state index contributed by atoms with van der Waals surface area (Å²) in [6.45, 7) is 2.83. The zero-order valence-electron chi connectivity index (χ0n) is 15.3. The third-order valence-corrected chi connectivity index (χ3v) is 6.16. The molecule has 1 aliphatic rings. The van der Waals surface area contributed by atoms with Gasteiger partial charge in [-0.1, -0.05) is 24.9 Å². The number of likely N-dealkylation sites (N-methyl/N-ethyl adjacent to an activating group) is 1. The molecule has 4 N–H and O–H groups in total. The monoisotopic (exact) mass is 406 g/mol. The maximum atomic E-state index is 12.4. The number of urea groups is 1. The van der Waals surface area contributed by atoms with Crippen LogP contribution < -0.4 is 16.4 Å². The van der Waals surface area contributed by atoms with E-state index in [0.29, 0.717) is 33.9 Å². The summed E-state index contributed by atoms with van der Waals surface area (Å²) in [7, 11) is 2.06. The Bertz CT molecular complexity index is 850. The van der Waals surface area contributed by atoms with E-state index in [0.717, 1.165) is 29.7 Å². The molecule has 8 heteroatoms. The second-order valence-electron chi connectivity index (χ2n) is 6.72.